The lowest BCUT2D eigenvalue weighted by Gasteiger charge is -2.31. The first-order valence-electron chi connectivity index (χ1n) is 10.9. The Labute approximate surface area is 207 Å². The Hall–Kier alpha value is -1.94. The summed E-state index contributed by atoms with van der Waals surface area (Å²) in [6, 6.07) is 10.4. The van der Waals surface area contributed by atoms with Crippen LogP contribution in [0.25, 0.3) is 0 Å². The number of hydrogen-bond donors (Lipinski definition) is 1. The van der Waals surface area contributed by atoms with Crippen LogP contribution >= 0.6 is 27.5 Å². The molecule has 2 aliphatic heterocycles. The van der Waals surface area contributed by atoms with Gasteiger partial charge in [0.2, 0.25) is 21.8 Å². The average molecular weight is 555 g/mol. The van der Waals surface area contributed by atoms with Crippen molar-refractivity contribution in [2.45, 2.75) is 37.5 Å². The monoisotopic (exact) mass is 553 g/mol. The van der Waals surface area contributed by atoms with Gasteiger partial charge in [0.25, 0.3) is 0 Å². The number of benzene rings is 2. The molecule has 0 radical (unpaired) electrons. The van der Waals surface area contributed by atoms with Crippen molar-refractivity contribution in [1.29, 1.82) is 0 Å². The van der Waals surface area contributed by atoms with Crippen LogP contribution in [0, 0.1) is 5.92 Å². The van der Waals surface area contributed by atoms with Gasteiger partial charge >= 0.3 is 0 Å². The lowest BCUT2D eigenvalue weighted by Crippen LogP contribution is -2.42. The molecule has 4 rings (SSSR count). The number of carbonyl (C=O) groups is 2. The van der Waals surface area contributed by atoms with Crippen molar-refractivity contribution in [3.63, 3.8) is 0 Å². The van der Waals surface area contributed by atoms with Crippen molar-refractivity contribution in [3.8, 4) is 0 Å². The largest absolute Gasteiger partial charge is 0.326 e. The summed E-state index contributed by atoms with van der Waals surface area (Å²) in [5.41, 5.74) is 1.96. The van der Waals surface area contributed by atoms with Crippen LogP contribution in [0.1, 0.15) is 31.7 Å². The summed E-state index contributed by atoms with van der Waals surface area (Å²) < 4.78 is 29.3. The summed E-state index contributed by atoms with van der Waals surface area (Å²) in [4.78, 5) is 26.9. The van der Waals surface area contributed by atoms with Gasteiger partial charge in [-0.25, -0.2) is 8.42 Å². The van der Waals surface area contributed by atoms with E-state index in [1.165, 1.54) is 4.31 Å². The van der Waals surface area contributed by atoms with Crippen LogP contribution in [-0.4, -0.2) is 44.2 Å². The Bertz CT molecular complexity index is 1200. The number of amides is 2. The molecule has 1 saturated heterocycles. The summed E-state index contributed by atoms with van der Waals surface area (Å²) in [6.45, 7) is 2.72. The zero-order valence-electron chi connectivity index (χ0n) is 18.2. The van der Waals surface area contributed by atoms with Crippen LogP contribution in [0.3, 0.4) is 0 Å². The normalized spacial score (nSPS) is 17.1. The summed E-state index contributed by atoms with van der Waals surface area (Å²) in [6.07, 6.45) is 1.76. The van der Waals surface area contributed by atoms with Crippen LogP contribution in [0.4, 0.5) is 11.4 Å². The number of fused-ring (bicyclic) bond motifs is 1. The minimum Gasteiger partial charge on any atom is -0.326 e. The van der Waals surface area contributed by atoms with Crippen LogP contribution in [0.15, 0.2) is 45.8 Å². The molecule has 33 heavy (non-hydrogen) atoms. The Morgan fingerprint density at radius 2 is 1.88 bits per heavy atom. The van der Waals surface area contributed by atoms with E-state index < -0.39 is 10.0 Å². The molecule has 2 aromatic rings. The van der Waals surface area contributed by atoms with E-state index in [1.54, 1.807) is 42.2 Å². The molecule has 0 saturated carbocycles. The number of rotatable bonds is 5. The molecule has 0 bridgehead atoms. The second-order valence-corrected chi connectivity index (χ2v) is 11.5. The summed E-state index contributed by atoms with van der Waals surface area (Å²) >= 11 is 9.40. The second kappa shape index (κ2) is 9.74. The van der Waals surface area contributed by atoms with Gasteiger partial charge < -0.3 is 10.2 Å². The second-order valence-electron chi connectivity index (χ2n) is 8.24. The number of nitrogens with zero attached hydrogens (tertiary/aromatic N) is 2. The van der Waals surface area contributed by atoms with Gasteiger partial charge in [0.05, 0.1) is 5.69 Å². The lowest BCUT2D eigenvalue weighted by atomic mass is 9.97. The van der Waals surface area contributed by atoms with Crippen molar-refractivity contribution >= 4 is 60.7 Å². The number of nitrogens with one attached hydrogen (secondary N) is 1. The predicted molar refractivity (Wildman–Crippen MR) is 132 cm³/mol. The summed E-state index contributed by atoms with van der Waals surface area (Å²) in [7, 11) is -3.84. The first-order chi connectivity index (χ1) is 15.7. The van der Waals surface area contributed by atoms with Gasteiger partial charge in [0.15, 0.2) is 0 Å². The third-order valence-electron chi connectivity index (χ3n) is 6.13. The van der Waals surface area contributed by atoms with Gasteiger partial charge in [-0.05, 0) is 55.2 Å². The Morgan fingerprint density at radius 1 is 1.15 bits per heavy atom. The number of sulfonamides is 1. The van der Waals surface area contributed by atoms with E-state index >= 15 is 0 Å². The number of anilines is 2. The van der Waals surface area contributed by atoms with Crippen LogP contribution in [0.5, 0.6) is 0 Å². The third kappa shape index (κ3) is 4.96. The van der Waals surface area contributed by atoms with E-state index in [-0.39, 0.29) is 35.7 Å². The van der Waals surface area contributed by atoms with E-state index in [0.29, 0.717) is 53.1 Å². The zero-order chi connectivity index (χ0) is 23.8. The average Bonchev–Trinajstić information content (AvgIpc) is 3.21. The molecule has 2 aromatic carbocycles. The van der Waals surface area contributed by atoms with Crippen LogP contribution in [0.2, 0.25) is 5.02 Å². The van der Waals surface area contributed by atoms with Crippen molar-refractivity contribution in [3.05, 3.63) is 51.5 Å². The Morgan fingerprint density at radius 3 is 2.55 bits per heavy atom. The van der Waals surface area contributed by atoms with Crippen LogP contribution < -0.4 is 10.2 Å². The highest BCUT2D eigenvalue weighted by Crippen LogP contribution is 2.39. The molecule has 7 nitrogen and oxygen atoms in total. The number of carbonyl (C=O) groups excluding carboxylic acids is 2. The molecule has 0 aromatic heterocycles. The van der Waals surface area contributed by atoms with E-state index in [1.807, 2.05) is 6.07 Å². The molecule has 176 valence electrons. The predicted octanol–water partition coefficient (Wildman–Crippen LogP) is 4.44. The Balaban J connectivity index is 1.51. The SMILES string of the molecule is CCC(=O)N1CCc2cc(Br)cc(S(=O)(=O)N3CCC(C(=O)Nc4cccc(Cl)c4)CC3)c21. The number of halogens is 2. The molecule has 1 N–H and O–H groups in total. The molecular formula is C23H25BrClN3O4S. The maximum absolute atomic E-state index is 13.6. The molecule has 0 spiro atoms. The minimum atomic E-state index is -3.84. The Kier molecular flexibility index (Phi) is 7.14. The smallest absolute Gasteiger partial charge is 0.245 e. The fraction of sp³-hybridized carbons (Fsp3) is 0.391. The minimum absolute atomic E-state index is 0.0936. The molecule has 1 fully saturated rings. The highest BCUT2D eigenvalue weighted by molar-refractivity contribution is 9.10. The number of hydrogen-bond acceptors (Lipinski definition) is 4. The zero-order valence-corrected chi connectivity index (χ0v) is 21.3. The molecule has 0 atom stereocenters. The van der Waals surface area contributed by atoms with Gasteiger partial charge in [-0.3, -0.25) is 9.59 Å². The van der Waals surface area contributed by atoms with Crippen LogP contribution in [-0.2, 0) is 26.0 Å². The van der Waals surface area contributed by atoms with E-state index in [0.717, 1.165) is 5.56 Å². The molecule has 10 heteroatoms. The maximum atomic E-state index is 13.6. The quantitative estimate of drug-likeness (QED) is 0.592. The molecular weight excluding hydrogens is 530 g/mol. The molecule has 2 aliphatic rings. The highest BCUT2D eigenvalue weighted by atomic mass is 79.9. The van der Waals surface area contributed by atoms with Gasteiger partial charge in [-0.1, -0.05) is 40.5 Å². The number of piperidine rings is 1. The van der Waals surface area contributed by atoms with Crippen molar-refractivity contribution in [1.82, 2.24) is 4.31 Å². The molecule has 2 amide bonds. The first-order valence-corrected chi connectivity index (χ1v) is 13.5. The highest BCUT2D eigenvalue weighted by Gasteiger charge is 2.37. The molecule has 0 aliphatic carbocycles. The summed E-state index contributed by atoms with van der Waals surface area (Å²) in [5, 5.41) is 3.40. The van der Waals surface area contributed by atoms with E-state index in [9.17, 15) is 18.0 Å². The van der Waals surface area contributed by atoms with Crippen molar-refractivity contribution < 1.29 is 18.0 Å². The third-order valence-corrected chi connectivity index (χ3v) is 8.74. The molecule has 0 unspecified atom stereocenters. The lowest BCUT2D eigenvalue weighted by molar-refractivity contribution is -0.121. The standard InChI is InChI=1S/C23H25BrClN3O4S/c1-2-21(29)28-11-8-16-12-17(24)13-20(22(16)28)33(31,32)27-9-6-15(7-10-27)23(30)26-19-5-3-4-18(25)14-19/h3-5,12-15H,2,6-11H2,1H3,(H,26,30). The van der Waals surface area contributed by atoms with E-state index in [2.05, 4.69) is 21.2 Å². The van der Waals surface area contributed by atoms with Gasteiger partial charge in [0, 0.05) is 47.2 Å². The van der Waals surface area contributed by atoms with E-state index in [4.69, 9.17) is 11.6 Å². The maximum Gasteiger partial charge on any atom is 0.245 e. The van der Waals surface area contributed by atoms with Gasteiger partial charge in [0.1, 0.15) is 4.90 Å². The topological polar surface area (TPSA) is 86.8 Å². The fourth-order valence-electron chi connectivity index (χ4n) is 4.41. The van der Waals surface area contributed by atoms with Gasteiger partial charge in [-0.2, -0.15) is 4.31 Å². The fourth-order valence-corrected chi connectivity index (χ4v) is 6.99. The van der Waals surface area contributed by atoms with Crippen molar-refractivity contribution in [2.75, 3.05) is 29.9 Å². The van der Waals surface area contributed by atoms with Crippen molar-refractivity contribution in [2.24, 2.45) is 5.92 Å². The molecule has 2 heterocycles. The van der Waals surface area contributed by atoms with Gasteiger partial charge in [-0.15, -0.1) is 0 Å². The first kappa shape index (κ1) is 24.2. The summed E-state index contributed by atoms with van der Waals surface area (Å²) in [5.74, 6) is -0.525.